The molecule has 12 heteroatoms. The van der Waals surface area contributed by atoms with Crippen molar-refractivity contribution in [3.05, 3.63) is 196 Å². The molecular weight excluding hydrogens is 1440 g/mol. The molecule has 0 saturated carbocycles. The molecule has 0 spiro atoms. The monoisotopic (exact) mass is 1610 g/mol. The van der Waals surface area contributed by atoms with Gasteiger partial charge in [0.05, 0.1) is 24.2 Å². The highest BCUT2D eigenvalue weighted by Crippen LogP contribution is 2.44. The molecule has 6 aromatic carbocycles. The predicted octanol–water partition coefficient (Wildman–Crippen LogP) is 31.9. The zero-order chi connectivity index (χ0) is 91.6. The lowest BCUT2D eigenvalue weighted by Gasteiger charge is -2.39. The van der Waals surface area contributed by atoms with Gasteiger partial charge in [0, 0.05) is 36.3 Å². The van der Waals surface area contributed by atoms with Crippen LogP contribution >= 0.6 is 0 Å². The fourth-order valence-electron chi connectivity index (χ4n) is 10.4. The summed E-state index contributed by atoms with van der Waals surface area (Å²) in [6.45, 7) is 90.2. The topological polar surface area (TPSA) is 100 Å². The van der Waals surface area contributed by atoms with Crippen molar-refractivity contribution < 1.29 is 50.9 Å². The molecule has 0 fully saturated rings. The van der Waals surface area contributed by atoms with Crippen LogP contribution in [0.5, 0.6) is 11.5 Å². The van der Waals surface area contributed by atoms with Crippen molar-refractivity contribution in [2.24, 2.45) is 49.2 Å². The van der Waals surface area contributed by atoms with Gasteiger partial charge in [0.25, 0.3) is 12.9 Å². The van der Waals surface area contributed by atoms with Crippen LogP contribution in [-0.2, 0) is 49.2 Å². The summed E-state index contributed by atoms with van der Waals surface area (Å²) >= 11 is 0. The summed E-state index contributed by atoms with van der Waals surface area (Å²) in [5.41, 5.74) is 6.85. The maximum absolute atomic E-state index is 13.5. The van der Waals surface area contributed by atoms with Crippen LogP contribution in [0.25, 0.3) is 0 Å². The standard InChI is InChI=1S/C21H33F2NO2.C19H30F2O.C11H14O.2C11H16.C10H12O2.3C5H12.C3H8O.C2H6/c1-19(2,3)16(20(4,5)6)18(25)24-13-10-11-15(26-21(7,8)9)14(12-13)17(22)23;1-17(2,3)13-10-12(16(20)21)15(22-19(7,8)9)11-14(13)18(4,5)6;1-11(2,3)10(12)9-7-5-4-6-8-9;2*1-11(2,3)9-10-7-5-4-6-8-10;1-2-12-10(11)8-9-6-4-3-5-7-9;3*1-5(2,3)4;1-3-4-2;1-2/h10-12,16-17H,1-9H3,(H,24,25);10-11,16H,1-9H3;4-8H,1-3H3;2*4-8H,9H2,1-3H3;3-7H,2,8H2,1H3;3*1-4H3;3H2,1-2H3;1-2H3. The molecule has 0 atom stereocenters. The fourth-order valence-corrected chi connectivity index (χ4v) is 10.4. The van der Waals surface area contributed by atoms with E-state index in [0.717, 1.165) is 41.7 Å². The van der Waals surface area contributed by atoms with Gasteiger partial charge in [0.15, 0.2) is 5.78 Å². The number of carbonyl (C=O) groups is 3. The van der Waals surface area contributed by atoms with Gasteiger partial charge in [0.2, 0.25) is 5.91 Å². The zero-order valence-corrected chi connectivity index (χ0v) is 81.6. The van der Waals surface area contributed by atoms with Crippen molar-refractivity contribution in [3.63, 3.8) is 0 Å². The normalized spacial score (nSPS) is 11.9. The molecule has 115 heavy (non-hydrogen) atoms. The van der Waals surface area contributed by atoms with E-state index in [1.165, 1.54) is 23.3 Å². The summed E-state index contributed by atoms with van der Waals surface area (Å²) in [7, 11) is 1.68. The number of methoxy groups -OCH3 is 1. The van der Waals surface area contributed by atoms with Crippen LogP contribution in [0.1, 0.15) is 360 Å². The number of anilines is 1. The second kappa shape index (κ2) is 52.9. The molecule has 1 N–H and O–H groups in total. The Bertz CT molecular complexity index is 3400. The molecule has 0 aliphatic heterocycles. The highest BCUT2D eigenvalue weighted by atomic mass is 19.3. The number of esters is 1. The Hall–Kier alpha value is -6.79. The first-order chi connectivity index (χ1) is 51.6. The smallest absolute Gasteiger partial charge is 0.310 e. The lowest BCUT2D eigenvalue weighted by atomic mass is 9.66. The summed E-state index contributed by atoms with van der Waals surface area (Å²) in [5.74, 6) is 0.00567. The molecule has 0 aromatic heterocycles. The van der Waals surface area contributed by atoms with E-state index in [-0.39, 0.29) is 67.5 Å². The lowest BCUT2D eigenvalue weighted by Crippen LogP contribution is -2.42. The quantitative estimate of drug-likeness (QED) is 0.0698. The van der Waals surface area contributed by atoms with E-state index < -0.39 is 24.1 Å². The van der Waals surface area contributed by atoms with E-state index >= 15 is 0 Å². The zero-order valence-electron chi connectivity index (χ0n) is 81.6. The molecule has 0 aliphatic carbocycles. The van der Waals surface area contributed by atoms with Crippen LogP contribution in [0.15, 0.2) is 152 Å². The number of carbonyl (C=O) groups excluding carboxylic acids is 3. The molecule has 6 aromatic rings. The number of halogens is 4. The third kappa shape index (κ3) is 67.9. The Kier molecular flexibility index (Phi) is 53.7. The SMILES string of the molecule is CC.CC(C)(C)C.CC(C)(C)C.CC(C)(C)C.CC(C)(C)C(=O)c1ccccc1.CC(C)(C)Cc1ccccc1.CC(C)(C)Cc1ccccc1.CC(C)(C)Oc1cc(C(C)(C)C)c(C(C)(C)C)cc1C(F)F.CC(C)(C)Oc1ccc(NC(=O)C(C(C)(C)C)C(C)(C)C)cc1C(F)F.CCOC.CCOC(=O)Cc1ccccc1. The molecule has 0 heterocycles. The first-order valence-corrected chi connectivity index (χ1v) is 41.5. The Labute approximate surface area is 704 Å². The Morgan fingerprint density at radius 2 is 0.678 bits per heavy atom. The number of ether oxygens (including phenoxy) is 4. The summed E-state index contributed by atoms with van der Waals surface area (Å²) < 4.78 is 74.8. The van der Waals surface area contributed by atoms with E-state index in [4.69, 9.17) is 14.2 Å². The largest absolute Gasteiger partial charge is 0.488 e. The van der Waals surface area contributed by atoms with Crippen molar-refractivity contribution in [3.8, 4) is 11.5 Å². The molecule has 658 valence electrons. The van der Waals surface area contributed by atoms with Gasteiger partial charge in [-0.1, -0.05) is 364 Å². The van der Waals surface area contributed by atoms with Crippen LogP contribution in [0.2, 0.25) is 0 Å². The van der Waals surface area contributed by atoms with Crippen LogP contribution in [-0.4, -0.2) is 49.2 Å². The van der Waals surface area contributed by atoms with Crippen molar-refractivity contribution in [1.82, 2.24) is 0 Å². The van der Waals surface area contributed by atoms with Gasteiger partial charge < -0.3 is 24.3 Å². The number of ketones is 1. The highest BCUT2D eigenvalue weighted by molar-refractivity contribution is 5.99. The number of alkyl halides is 4. The second-order valence-corrected chi connectivity index (χ2v) is 43.3. The average molecular weight is 1610 g/mol. The first-order valence-electron chi connectivity index (χ1n) is 41.5. The summed E-state index contributed by atoms with van der Waals surface area (Å²) in [4.78, 5) is 35.5. The maximum Gasteiger partial charge on any atom is 0.310 e. The molecule has 8 nitrogen and oxygen atoms in total. The van der Waals surface area contributed by atoms with E-state index in [1.54, 1.807) is 40.0 Å². The number of rotatable bonds is 13. The number of Topliss-reactive ketones (excluding diaryl/α,β-unsaturated/α-hetero) is 1. The molecule has 0 bridgehead atoms. The van der Waals surface area contributed by atoms with Gasteiger partial charge in [-0.05, 0) is 175 Å². The van der Waals surface area contributed by atoms with Crippen LogP contribution in [0.4, 0.5) is 23.2 Å². The van der Waals surface area contributed by atoms with E-state index in [2.05, 4.69) is 237 Å². The number of hydrogen-bond donors (Lipinski definition) is 1. The Balaban J connectivity index is -0.000000410. The Morgan fingerprint density at radius 1 is 0.383 bits per heavy atom. The van der Waals surface area contributed by atoms with Crippen LogP contribution in [0.3, 0.4) is 0 Å². The molecule has 1 amide bonds. The minimum Gasteiger partial charge on any atom is -0.488 e. The maximum atomic E-state index is 13.5. The van der Waals surface area contributed by atoms with Gasteiger partial charge in [-0.15, -0.1) is 0 Å². The third-order valence-corrected chi connectivity index (χ3v) is 14.0. The highest BCUT2D eigenvalue weighted by Gasteiger charge is 2.41. The molecule has 0 saturated heterocycles. The second-order valence-electron chi connectivity index (χ2n) is 43.3. The first kappa shape index (κ1) is 117. The van der Waals surface area contributed by atoms with Crippen molar-refractivity contribution in [2.75, 3.05) is 25.6 Å². The van der Waals surface area contributed by atoms with Gasteiger partial charge in [-0.2, -0.15) is 0 Å². The van der Waals surface area contributed by atoms with Crippen LogP contribution < -0.4 is 14.8 Å². The summed E-state index contributed by atoms with van der Waals surface area (Å²) in [6.07, 6.45) is -2.55. The van der Waals surface area contributed by atoms with Crippen molar-refractivity contribution >= 4 is 23.3 Å². The fraction of sp³-hybridized carbons (Fsp3) is 0.621. The number of nitrogens with one attached hydrogen (secondary N) is 1. The van der Waals surface area contributed by atoms with E-state index in [1.807, 2.05) is 178 Å². The molecule has 0 aliphatic rings. The molecular formula is C103H171F4NO7. The molecule has 0 unspecified atom stereocenters. The molecule has 6 rings (SSSR count). The van der Waals surface area contributed by atoms with E-state index in [0.29, 0.717) is 51.5 Å². The van der Waals surface area contributed by atoms with Crippen LogP contribution in [0, 0.1) is 49.2 Å². The number of benzene rings is 6. The van der Waals surface area contributed by atoms with Crippen molar-refractivity contribution in [1.29, 1.82) is 0 Å². The molecule has 0 radical (unpaired) electrons. The summed E-state index contributed by atoms with van der Waals surface area (Å²) in [6, 6.07) is 48.1. The van der Waals surface area contributed by atoms with Crippen molar-refractivity contribution in [2.45, 2.75) is 352 Å². The lowest BCUT2D eigenvalue weighted by molar-refractivity contribution is -0.142. The third-order valence-electron chi connectivity index (χ3n) is 14.0. The Morgan fingerprint density at radius 3 is 0.948 bits per heavy atom. The van der Waals surface area contributed by atoms with Gasteiger partial charge >= 0.3 is 5.97 Å². The predicted molar refractivity (Wildman–Crippen MR) is 492 cm³/mol. The average Bonchev–Trinajstić information content (AvgIpc) is 0.772. The minimum atomic E-state index is -2.69. The number of amides is 1. The summed E-state index contributed by atoms with van der Waals surface area (Å²) in [5, 5.41) is 2.81. The van der Waals surface area contributed by atoms with Gasteiger partial charge in [-0.25, -0.2) is 17.6 Å². The van der Waals surface area contributed by atoms with E-state index in [9.17, 15) is 31.9 Å². The number of hydrogen-bond acceptors (Lipinski definition) is 7. The van der Waals surface area contributed by atoms with Gasteiger partial charge in [0.1, 0.15) is 22.7 Å². The van der Waals surface area contributed by atoms with Gasteiger partial charge in [-0.3, -0.25) is 14.4 Å². The minimum absolute atomic E-state index is 0.0205.